The van der Waals surface area contributed by atoms with Crippen molar-refractivity contribution < 1.29 is 14.3 Å². The lowest BCUT2D eigenvalue weighted by molar-refractivity contribution is 0.00285. The van der Waals surface area contributed by atoms with E-state index in [1.165, 1.54) is 4.88 Å². The van der Waals surface area contributed by atoms with Crippen LogP contribution in [0.2, 0.25) is 0 Å². The van der Waals surface area contributed by atoms with Crippen molar-refractivity contribution in [1.82, 2.24) is 4.90 Å². The number of aryl methyl sites for hydroxylation is 1. The van der Waals surface area contributed by atoms with Crippen LogP contribution in [0.15, 0.2) is 12.1 Å². The Morgan fingerprint density at radius 3 is 2.71 bits per heavy atom. The van der Waals surface area contributed by atoms with Crippen LogP contribution in [0.25, 0.3) is 0 Å². The summed E-state index contributed by atoms with van der Waals surface area (Å²) in [6.07, 6.45) is 2.01. The van der Waals surface area contributed by atoms with Crippen molar-refractivity contribution in [3.8, 4) is 0 Å². The second-order valence-corrected chi connectivity index (χ2v) is 7.34. The quantitative estimate of drug-likeness (QED) is 0.811. The molecule has 0 atom stereocenters. The van der Waals surface area contributed by atoms with Gasteiger partial charge in [-0.15, -0.1) is 11.3 Å². The van der Waals surface area contributed by atoms with E-state index in [4.69, 9.17) is 9.47 Å². The predicted molar refractivity (Wildman–Crippen MR) is 85.0 cm³/mol. The van der Waals surface area contributed by atoms with Gasteiger partial charge in [0.25, 0.3) is 5.91 Å². The molecule has 0 radical (unpaired) electrons. The van der Waals surface area contributed by atoms with Gasteiger partial charge in [-0.25, -0.2) is 0 Å². The molecule has 21 heavy (non-hydrogen) atoms. The lowest BCUT2D eigenvalue weighted by Crippen LogP contribution is -2.43. The van der Waals surface area contributed by atoms with E-state index in [-0.39, 0.29) is 11.3 Å². The highest BCUT2D eigenvalue weighted by Gasteiger charge is 2.31. The molecule has 0 N–H and O–H groups in total. The predicted octanol–water partition coefficient (Wildman–Crippen LogP) is 2.96. The largest absolute Gasteiger partial charge is 0.383 e. The minimum Gasteiger partial charge on any atom is -0.383 e. The number of hydrogen-bond acceptors (Lipinski definition) is 4. The minimum atomic E-state index is 0.123. The molecule has 0 aromatic carbocycles. The third-order valence-corrected chi connectivity index (χ3v) is 5.06. The van der Waals surface area contributed by atoms with Crippen molar-refractivity contribution in [2.45, 2.75) is 26.7 Å². The fraction of sp³-hybridized carbons (Fsp3) is 0.688. The molecule has 2 heterocycles. The normalized spacial score (nSPS) is 17.7. The topological polar surface area (TPSA) is 38.8 Å². The summed E-state index contributed by atoms with van der Waals surface area (Å²) >= 11 is 1.56. The zero-order valence-electron chi connectivity index (χ0n) is 13.2. The van der Waals surface area contributed by atoms with Crippen LogP contribution in [0.3, 0.4) is 0 Å². The molecule has 0 saturated carbocycles. The first-order chi connectivity index (χ1) is 10.0. The Morgan fingerprint density at radius 1 is 1.43 bits per heavy atom. The van der Waals surface area contributed by atoms with E-state index in [1.54, 1.807) is 18.4 Å². The molecule has 5 heteroatoms. The van der Waals surface area contributed by atoms with Gasteiger partial charge in [-0.3, -0.25) is 4.79 Å². The lowest BCUT2D eigenvalue weighted by Gasteiger charge is -2.38. The number of hydrogen-bond donors (Lipinski definition) is 0. The van der Waals surface area contributed by atoms with E-state index < -0.39 is 0 Å². The van der Waals surface area contributed by atoms with Gasteiger partial charge in [0.2, 0.25) is 0 Å². The standard InChI is InChI=1S/C16H25NO3S/c1-13-4-5-14(21-13)15(18)17(8-11-19-3)12-16(2)6-9-20-10-7-16/h4-5H,6-12H2,1-3H3. The first kappa shape index (κ1) is 16.5. The Morgan fingerprint density at radius 2 is 2.14 bits per heavy atom. The second-order valence-electron chi connectivity index (χ2n) is 6.05. The zero-order chi connectivity index (χ0) is 15.3. The van der Waals surface area contributed by atoms with Crippen LogP contribution < -0.4 is 0 Å². The van der Waals surface area contributed by atoms with Gasteiger partial charge >= 0.3 is 0 Å². The van der Waals surface area contributed by atoms with Gasteiger partial charge in [0.05, 0.1) is 11.5 Å². The molecule has 0 unspecified atom stereocenters. The smallest absolute Gasteiger partial charge is 0.264 e. The van der Waals surface area contributed by atoms with Gasteiger partial charge < -0.3 is 14.4 Å². The maximum absolute atomic E-state index is 12.7. The maximum Gasteiger partial charge on any atom is 0.264 e. The number of carbonyl (C=O) groups is 1. The average Bonchev–Trinajstić information content (AvgIpc) is 2.90. The molecule has 118 valence electrons. The number of rotatable bonds is 6. The summed E-state index contributed by atoms with van der Waals surface area (Å²) in [7, 11) is 1.67. The van der Waals surface area contributed by atoms with Gasteiger partial charge in [-0.1, -0.05) is 6.92 Å². The monoisotopic (exact) mass is 311 g/mol. The van der Waals surface area contributed by atoms with Crippen molar-refractivity contribution >= 4 is 17.2 Å². The van der Waals surface area contributed by atoms with Crippen molar-refractivity contribution in [3.63, 3.8) is 0 Å². The summed E-state index contributed by atoms with van der Waals surface area (Å²) in [5.41, 5.74) is 0.147. The molecule has 1 saturated heterocycles. The van der Waals surface area contributed by atoms with Gasteiger partial charge in [-0.05, 0) is 37.3 Å². The minimum absolute atomic E-state index is 0.123. The maximum atomic E-state index is 12.7. The number of nitrogens with zero attached hydrogens (tertiary/aromatic N) is 1. The molecule has 1 aliphatic rings. The van der Waals surface area contributed by atoms with E-state index in [0.29, 0.717) is 13.2 Å². The summed E-state index contributed by atoms with van der Waals surface area (Å²) in [6, 6.07) is 3.93. The first-order valence-corrected chi connectivity index (χ1v) is 8.28. The molecule has 1 aliphatic heterocycles. The van der Waals surface area contributed by atoms with E-state index in [9.17, 15) is 4.79 Å². The molecule has 1 aromatic rings. The van der Waals surface area contributed by atoms with Gasteiger partial charge in [0.1, 0.15) is 0 Å². The SMILES string of the molecule is COCCN(CC1(C)CCOCC1)C(=O)c1ccc(C)s1. The molecular weight excluding hydrogens is 286 g/mol. The highest BCUT2D eigenvalue weighted by atomic mass is 32.1. The molecule has 0 spiro atoms. The molecule has 4 nitrogen and oxygen atoms in total. The number of methoxy groups -OCH3 is 1. The van der Waals surface area contributed by atoms with Crippen LogP contribution in [0.1, 0.15) is 34.3 Å². The summed E-state index contributed by atoms with van der Waals surface area (Å²) in [4.78, 5) is 16.7. The molecule has 0 aliphatic carbocycles. The number of carbonyl (C=O) groups excluding carboxylic acids is 1. The fourth-order valence-electron chi connectivity index (χ4n) is 2.64. The Bertz CT molecular complexity index is 466. The Balaban J connectivity index is 2.07. The fourth-order valence-corrected chi connectivity index (χ4v) is 3.48. The third kappa shape index (κ3) is 4.53. The van der Waals surface area contributed by atoms with Gasteiger partial charge in [-0.2, -0.15) is 0 Å². The van der Waals surface area contributed by atoms with Crippen molar-refractivity contribution in [2.75, 3.05) is 40.0 Å². The summed E-state index contributed by atoms with van der Waals surface area (Å²) in [5.74, 6) is 0.123. The van der Waals surface area contributed by atoms with Crippen molar-refractivity contribution in [1.29, 1.82) is 0 Å². The molecule has 1 fully saturated rings. The molecular formula is C16H25NO3S. The van der Waals surface area contributed by atoms with Crippen LogP contribution in [0, 0.1) is 12.3 Å². The Hall–Kier alpha value is -0.910. The summed E-state index contributed by atoms with van der Waals surface area (Å²) in [5, 5.41) is 0. The average molecular weight is 311 g/mol. The molecule has 0 bridgehead atoms. The second kappa shape index (κ2) is 7.38. The number of amides is 1. The summed E-state index contributed by atoms with van der Waals surface area (Å²) < 4.78 is 10.6. The number of thiophene rings is 1. The highest BCUT2D eigenvalue weighted by molar-refractivity contribution is 7.13. The van der Waals surface area contributed by atoms with E-state index in [0.717, 1.165) is 37.5 Å². The molecule has 1 amide bonds. The van der Waals surface area contributed by atoms with E-state index in [1.807, 2.05) is 24.0 Å². The van der Waals surface area contributed by atoms with Crippen molar-refractivity contribution in [2.24, 2.45) is 5.41 Å². The first-order valence-electron chi connectivity index (χ1n) is 7.46. The lowest BCUT2D eigenvalue weighted by atomic mass is 9.82. The molecule has 2 rings (SSSR count). The van der Waals surface area contributed by atoms with Crippen LogP contribution in [-0.2, 0) is 9.47 Å². The van der Waals surface area contributed by atoms with Crippen LogP contribution in [-0.4, -0.2) is 50.8 Å². The number of ether oxygens (including phenoxy) is 2. The Kier molecular flexibility index (Phi) is 5.79. The van der Waals surface area contributed by atoms with E-state index in [2.05, 4.69) is 6.92 Å². The van der Waals surface area contributed by atoms with Crippen LogP contribution in [0.4, 0.5) is 0 Å². The highest BCUT2D eigenvalue weighted by Crippen LogP contribution is 2.31. The zero-order valence-corrected chi connectivity index (χ0v) is 14.0. The van der Waals surface area contributed by atoms with E-state index >= 15 is 0 Å². The molecule has 1 aromatic heterocycles. The van der Waals surface area contributed by atoms with Gasteiger partial charge in [0, 0.05) is 38.3 Å². The Labute approximate surface area is 131 Å². The third-order valence-electron chi connectivity index (χ3n) is 4.08. The summed E-state index contributed by atoms with van der Waals surface area (Å²) in [6.45, 7) is 7.85. The van der Waals surface area contributed by atoms with Crippen LogP contribution >= 0.6 is 11.3 Å². The van der Waals surface area contributed by atoms with Crippen LogP contribution in [0.5, 0.6) is 0 Å². The van der Waals surface area contributed by atoms with Crippen molar-refractivity contribution in [3.05, 3.63) is 21.9 Å². The van der Waals surface area contributed by atoms with Gasteiger partial charge in [0.15, 0.2) is 0 Å².